The van der Waals surface area contributed by atoms with E-state index in [4.69, 9.17) is 9.47 Å². The van der Waals surface area contributed by atoms with Crippen molar-refractivity contribution in [1.82, 2.24) is 0 Å². The van der Waals surface area contributed by atoms with E-state index in [2.05, 4.69) is 13.2 Å². The topological polar surface area (TPSA) is 72.8 Å². The van der Waals surface area contributed by atoms with Gasteiger partial charge in [0.2, 0.25) is 0 Å². The first-order valence-corrected chi connectivity index (χ1v) is 11.7. The number of ether oxygens (including phenoxy) is 2. The number of aliphatic hydroxyl groups is 1. The maximum Gasteiger partial charge on any atom is 0.330 e. The molecule has 6 heteroatoms. The van der Waals surface area contributed by atoms with Gasteiger partial charge in [0.15, 0.2) is 0 Å². The molecule has 0 spiro atoms. The lowest BCUT2D eigenvalue weighted by atomic mass is 9.92. The number of hydrogen-bond donors (Lipinski definition) is 1. The molecule has 3 rings (SSSR count). The Morgan fingerprint density at radius 2 is 1.22 bits per heavy atom. The van der Waals surface area contributed by atoms with Gasteiger partial charge in [-0.2, -0.15) is 0 Å². The van der Waals surface area contributed by atoms with E-state index < -0.39 is 11.9 Å². The fraction of sp³-hybridized carbons (Fsp3) is 0.200. The molecule has 0 saturated carbocycles. The molecule has 0 radical (unpaired) electrons. The predicted octanol–water partition coefficient (Wildman–Crippen LogP) is 5.24. The van der Waals surface area contributed by atoms with E-state index >= 15 is 4.39 Å². The summed E-state index contributed by atoms with van der Waals surface area (Å²) in [4.78, 5) is 22.3. The van der Waals surface area contributed by atoms with Gasteiger partial charge in [0.25, 0.3) is 0 Å². The molecule has 0 aliphatic heterocycles. The Morgan fingerprint density at radius 3 is 1.67 bits per heavy atom. The predicted molar refractivity (Wildman–Crippen MR) is 138 cm³/mol. The highest BCUT2D eigenvalue weighted by Gasteiger charge is 2.13. The minimum atomic E-state index is -0.464. The monoisotopic (exact) mass is 488 g/mol. The van der Waals surface area contributed by atoms with Gasteiger partial charge in [-0.3, -0.25) is 0 Å². The highest BCUT2D eigenvalue weighted by molar-refractivity contribution is 5.81. The fourth-order valence-corrected chi connectivity index (χ4v) is 3.79. The van der Waals surface area contributed by atoms with Crippen molar-refractivity contribution < 1.29 is 28.6 Å². The second-order valence-electron chi connectivity index (χ2n) is 8.10. The largest absolute Gasteiger partial charge is 0.462 e. The molecule has 5 nitrogen and oxygen atoms in total. The van der Waals surface area contributed by atoms with E-state index in [0.29, 0.717) is 24.8 Å². The lowest BCUT2D eigenvalue weighted by molar-refractivity contribution is -0.138. The molecular weight excluding hydrogens is 459 g/mol. The summed E-state index contributed by atoms with van der Waals surface area (Å²) in [7, 11) is 0. The Hall–Kier alpha value is -4.03. The highest BCUT2D eigenvalue weighted by Crippen LogP contribution is 2.32. The second-order valence-corrected chi connectivity index (χ2v) is 8.10. The van der Waals surface area contributed by atoms with Gasteiger partial charge in [0, 0.05) is 37.2 Å². The van der Waals surface area contributed by atoms with Crippen molar-refractivity contribution in [2.45, 2.75) is 19.3 Å². The molecule has 0 heterocycles. The molecule has 0 aromatic heterocycles. The van der Waals surface area contributed by atoms with Gasteiger partial charge in [-0.25, -0.2) is 14.0 Å². The number of esters is 2. The van der Waals surface area contributed by atoms with Crippen LogP contribution in [0.25, 0.3) is 22.3 Å². The van der Waals surface area contributed by atoms with Gasteiger partial charge in [0.05, 0.1) is 13.2 Å². The van der Waals surface area contributed by atoms with Crippen molar-refractivity contribution in [3.05, 3.63) is 108 Å². The first-order valence-electron chi connectivity index (χ1n) is 11.7. The lowest BCUT2D eigenvalue weighted by Gasteiger charge is -2.14. The van der Waals surface area contributed by atoms with Crippen LogP contribution >= 0.6 is 0 Å². The third kappa shape index (κ3) is 7.23. The molecule has 0 atom stereocenters. The maximum atomic E-state index is 15.2. The quantitative estimate of drug-likeness (QED) is 0.279. The van der Waals surface area contributed by atoms with Crippen molar-refractivity contribution in [1.29, 1.82) is 0 Å². The summed E-state index contributed by atoms with van der Waals surface area (Å²) >= 11 is 0. The van der Waals surface area contributed by atoms with Crippen LogP contribution in [-0.2, 0) is 38.3 Å². The molecule has 0 bridgehead atoms. The SMILES string of the molecule is C=CC(=O)OCCc1ccc(-c2cc(CCO)c(-c3ccc(CCOC(=O)C=C)cc3)cc2F)cc1. The summed E-state index contributed by atoms with van der Waals surface area (Å²) in [5.41, 5.74) is 5.50. The van der Waals surface area contributed by atoms with Crippen LogP contribution in [0.4, 0.5) is 4.39 Å². The third-order valence-corrected chi connectivity index (χ3v) is 5.71. The van der Waals surface area contributed by atoms with Gasteiger partial charge in [0.1, 0.15) is 5.82 Å². The van der Waals surface area contributed by atoms with Crippen LogP contribution in [0.3, 0.4) is 0 Å². The first-order chi connectivity index (χ1) is 17.4. The van der Waals surface area contributed by atoms with Crippen LogP contribution in [-0.4, -0.2) is 36.9 Å². The normalized spacial score (nSPS) is 10.5. The number of carbonyl (C=O) groups excluding carboxylic acids is 2. The van der Waals surface area contributed by atoms with Gasteiger partial charge >= 0.3 is 11.9 Å². The molecular formula is C30H29FO5. The van der Waals surface area contributed by atoms with E-state index in [1.807, 2.05) is 48.5 Å². The number of carbonyl (C=O) groups is 2. The van der Waals surface area contributed by atoms with Crippen LogP contribution < -0.4 is 0 Å². The van der Waals surface area contributed by atoms with E-state index in [1.165, 1.54) is 6.07 Å². The molecule has 0 aliphatic rings. The Balaban J connectivity index is 1.78. The number of halogens is 1. The summed E-state index contributed by atoms with van der Waals surface area (Å²) in [6.07, 6.45) is 3.74. The zero-order valence-electron chi connectivity index (χ0n) is 20.0. The number of benzene rings is 3. The van der Waals surface area contributed by atoms with Crippen molar-refractivity contribution in [2.75, 3.05) is 19.8 Å². The Labute approximate surface area is 210 Å². The molecule has 0 amide bonds. The molecule has 3 aromatic rings. The molecule has 3 aromatic carbocycles. The summed E-state index contributed by atoms with van der Waals surface area (Å²) < 4.78 is 25.3. The third-order valence-electron chi connectivity index (χ3n) is 5.71. The molecule has 0 unspecified atom stereocenters. The van der Waals surface area contributed by atoms with Crippen LogP contribution in [0.15, 0.2) is 86.0 Å². The summed E-state index contributed by atoms with van der Waals surface area (Å²) in [6, 6.07) is 18.3. The average Bonchev–Trinajstić information content (AvgIpc) is 2.90. The minimum Gasteiger partial charge on any atom is -0.462 e. The molecule has 0 fully saturated rings. The summed E-state index contributed by atoms with van der Waals surface area (Å²) in [5, 5.41) is 9.62. The lowest BCUT2D eigenvalue weighted by Crippen LogP contribution is -2.04. The van der Waals surface area contributed by atoms with E-state index in [1.54, 1.807) is 6.07 Å². The van der Waals surface area contributed by atoms with Gasteiger partial charge in [-0.15, -0.1) is 0 Å². The van der Waals surface area contributed by atoms with E-state index in [-0.39, 0.29) is 25.6 Å². The van der Waals surface area contributed by atoms with Crippen molar-refractivity contribution in [3.8, 4) is 22.3 Å². The first kappa shape index (κ1) is 26.6. The zero-order valence-corrected chi connectivity index (χ0v) is 20.0. The van der Waals surface area contributed by atoms with Gasteiger partial charge < -0.3 is 14.6 Å². The highest BCUT2D eigenvalue weighted by atomic mass is 19.1. The number of aliphatic hydroxyl groups excluding tert-OH is 1. The van der Waals surface area contributed by atoms with Crippen LogP contribution in [0, 0.1) is 5.82 Å². The van der Waals surface area contributed by atoms with Crippen molar-refractivity contribution in [3.63, 3.8) is 0 Å². The number of hydrogen-bond acceptors (Lipinski definition) is 5. The zero-order chi connectivity index (χ0) is 25.9. The van der Waals surface area contributed by atoms with Crippen molar-refractivity contribution >= 4 is 11.9 Å². The standard InChI is InChI=1S/C30H29FO5/c1-3-29(33)35-17-14-21-5-9-23(10-6-21)26-20-28(31)27(19-25(26)13-16-32)24-11-7-22(8-12-24)15-18-36-30(34)4-2/h3-12,19-20,32H,1-2,13-18H2. The second kappa shape index (κ2) is 13.2. The molecule has 186 valence electrons. The Morgan fingerprint density at radius 1 is 0.750 bits per heavy atom. The van der Waals surface area contributed by atoms with Gasteiger partial charge in [-0.1, -0.05) is 61.7 Å². The molecule has 0 saturated heterocycles. The number of rotatable bonds is 12. The Kier molecular flexibility index (Phi) is 9.72. The van der Waals surface area contributed by atoms with E-state index in [0.717, 1.165) is 45.5 Å². The van der Waals surface area contributed by atoms with Crippen LogP contribution in [0.1, 0.15) is 16.7 Å². The van der Waals surface area contributed by atoms with E-state index in [9.17, 15) is 14.7 Å². The maximum absolute atomic E-state index is 15.2. The van der Waals surface area contributed by atoms with Gasteiger partial charge in [-0.05, 0) is 51.9 Å². The van der Waals surface area contributed by atoms with Crippen LogP contribution in [0.2, 0.25) is 0 Å². The molecule has 36 heavy (non-hydrogen) atoms. The van der Waals surface area contributed by atoms with Crippen LogP contribution in [0.5, 0.6) is 0 Å². The Bertz CT molecular complexity index is 1210. The van der Waals surface area contributed by atoms with Crippen molar-refractivity contribution in [2.24, 2.45) is 0 Å². The smallest absolute Gasteiger partial charge is 0.330 e. The minimum absolute atomic E-state index is 0.0623. The average molecular weight is 489 g/mol. The molecule has 0 aliphatic carbocycles. The molecule has 1 N–H and O–H groups in total. The summed E-state index contributed by atoms with van der Waals surface area (Å²) in [6.45, 7) is 7.17. The fourth-order valence-electron chi connectivity index (χ4n) is 3.79. The summed E-state index contributed by atoms with van der Waals surface area (Å²) in [5.74, 6) is -1.28.